The van der Waals surface area contributed by atoms with Gasteiger partial charge in [0, 0.05) is 5.92 Å². The third-order valence-corrected chi connectivity index (χ3v) is 6.26. The van der Waals surface area contributed by atoms with Crippen LogP contribution in [0.25, 0.3) is 0 Å². The molecule has 0 bridgehead atoms. The van der Waals surface area contributed by atoms with Crippen LogP contribution in [0.1, 0.15) is 53.6 Å². The average Bonchev–Trinajstić information content (AvgIpc) is 3.20. The minimum atomic E-state index is -0.398. The first kappa shape index (κ1) is 20.4. The summed E-state index contributed by atoms with van der Waals surface area (Å²) in [5.41, 5.74) is 1.94. The van der Waals surface area contributed by atoms with Crippen LogP contribution in [-0.2, 0) is 17.9 Å². The summed E-state index contributed by atoms with van der Waals surface area (Å²) in [6.45, 7) is 3.03. The minimum absolute atomic E-state index is 0.0246. The summed E-state index contributed by atoms with van der Waals surface area (Å²) in [4.78, 5) is 15.9. The van der Waals surface area contributed by atoms with Gasteiger partial charge in [-0.25, -0.2) is 0 Å². The molecule has 0 saturated heterocycles. The van der Waals surface area contributed by atoms with Crippen LogP contribution in [0.3, 0.4) is 0 Å². The monoisotopic (exact) mass is 425 g/mol. The second kappa shape index (κ2) is 8.91. The number of hydrogen-bond donors (Lipinski definition) is 0. The second-order valence-corrected chi connectivity index (χ2v) is 8.65. The number of hydrogen-bond acceptors (Lipinski definition) is 3. The van der Waals surface area contributed by atoms with E-state index >= 15 is 0 Å². The van der Waals surface area contributed by atoms with Crippen molar-refractivity contribution in [3.05, 3.63) is 120 Å². The van der Waals surface area contributed by atoms with Gasteiger partial charge in [-0.3, -0.25) is 4.79 Å². The molecule has 2 aromatic heterocycles. The summed E-state index contributed by atoms with van der Waals surface area (Å²) in [5.74, 6) is 3.40. The molecule has 4 heteroatoms. The van der Waals surface area contributed by atoms with Crippen molar-refractivity contribution in [3.63, 3.8) is 0 Å². The Morgan fingerprint density at radius 1 is 0.875 bits per heavy atom. The maximum absolute atomic E-state index is 14.0. The molecular weight excluding hydrogens is 398 g/mol. The summed E-state index contributed by atoms with van der Waals surface area (Å²) in [7, 11) is 0. The van der Waals surface area contributed by atoms with Gasteiger partial charge >= 0.3 is 0 Å². The lowest BCUT2D eigenvalue weighted by molar-refractivity contribution is -0.133. The van der Waals surface area contributed by atoms with E-state index in [4.69, 9.17) is 8.83 Å². The smallest absolute Gasteiger partial charge is 0.235 e. The van der Waals surface area contributed by atoms with E-state index in [1.54, 1.807) is 6.26 Å². The molecular formula is C28H27NO3. The highest BCUT2D eigenvalue weighted by molar-refractivity contribution is 5.87. The van der Waals surface area contributed by atoms with Gasteiger partial charge in [0.2, 0.25) is 5.91 Å². The molecule has 4 nitrogen and oxygen atoms in total. The predicted octanol–water partition coefficient (Wildman–Crippen LogP) is 6.36. The first-order valence-corrected chi connectivity index (χ1v) is 11.2. The molecule has 162 valence electrons. The molecule has 2 atom stereocenters. The van der Waals surface area contributed by atoms with Gasteiger partial charge < -0.3 is 13.7 Å². The summed E-state index contributed by atoms with van der Waals surface area (Å²) in [6.07, 6.45) is 2.81. The molecule has 2 aromatic carbocycles. The number of nitrogens with zero attached hydrogens (tertiary/aromatic N) is 1. The number of benzene rings is 2. The molecule has 0 aliphatic heterocycles. The number of carbonyl (C=O) groups excluding carboxylic acids is 1. The lowest BCUT2D eigenvalue weighted by Crippen LogP contribution is -2.34. The van der Waals surface area contributed by atoms with Crippen molar-refractivity contribution in [2.24, 2.45) is 5.92 Å². The van der Waals surface area contributed by atoms with Gasteiger partial charge in [0.25, 0.3) is 0 Å². The van der Waals surface area contributed by atoms with E-state index in [9.17, 15) is 4.79 Å². The molecule has 2 heterocycles. The number of furan rings is 2. The van der Waals surface area contributed by atoms with E-state index in [2.05, 4.69) is 13.0 Å². The Bertz CT molecular complexity index is 1110. The second-order valence-electron chi connectivity index (χ2n) is 8.65. The highest BCUT2D eigenvalue weighted by Crippen LogP contribution is 2.47. The Kier molecular flexibility index (Phi) is 5.68. The predicted molar refractivity (Wildman–Crippen MR) is 123 cm³/mol. The first-order chi connectivity index (χ1) is 15.7. The van der Waals surface area contributed by atoms with E-state index in [0.717, 1.165) is 28.4 Å². The summed E-state index contributed by atoms with van der Waals surface area (Å²) in [6, 6.07) is 27.7. The zero-order valence-electron chi connectivity index (χ0n) is 18.2. The van der Waals surface area contributed by atoms with Gasteiger partial charge in [-0.2, -0.15) is 0 Å². The Labute approximate surface area is 188 Å². The number of rotatable bonds is 8. The molecule has 2 unspecified atom stereocenters. The molecule has 32 heavy (non-hydrogen) atoms. The maximum Gasteiger partial charge on any atom is 0.235 e. The maximum atomic E-state index is 14.0. The average molecular weight is 426 g/mol. The van der Waals surface area contributed by atoms with Crippen molar-refractivity contribution in [2.75, 3.05) is 0 Å². The summed E-state index contributed by atoms with van der Waals surface area (Å²) >= 11 is 0. The largest absolute Gasteiger partial charge is 0.467 e. The van der Waals surface area contributed by atoms with E-state index in [0.29, 0.717) is 24.9 Å². The molecule has 4 aromatic rings. The molecule has 0 spiro atoms. The zero-order valence-corrected chi connectivity index (χ0v) is 18.2. The quantitative estimate of drug-likeness (QED) is 0.330. The van der Waals surface area contributed by atoms with Gasteiger partial charge in [0.15, 0.2) is 0 Å². The molecule has 0 N–H and O–H groups in total. The molecule has 1 fully saturated rings. The van der Waals surface area contributed by atoms with Crippen LogP contribution in [-0.4, -0.2) is 10.8 Å². The molecule has 0 radical (unpaired) electrons. The van der Waals surface area contributed by atoms with Gasteiger partial charge in [-0.05, 0) is 47.7 Å². The highest BCUT2D eigenvalue weighted by atomic mass is 16.3. The van der Waals surface area contributed by atoms with Crippen LogP contribution in [0.5, 0.6) is 0 Å². The lowest BCUT2D eigenvalue weighted by atomic mass is 9.90. The van der Waals surface area contributed by atoms with E-state index in [1.165, 1.54) is 6.42 Å². The first-order valence-electron chi connectivity index (χ1n) is 11.2. The molecule has 5 rings (SSSR count). The fourth-order valence-corrected chi connectivity index (χ4v) is 4.34. The van der Waals surface area contributed by atoms with Crippen LogP contribution < -0.4 is 0 Å². The number of carbonyl (C=O) groups is 1. The Morgan fingerprint density at radius 3 is 2.06 bits per heavy atom. The summed E-state index contributed by atoms with van der Waals surface area (Å²) in [5, 5.41) is 0. The van der Waals surface area contributed by atoms with Crippen LogP contribution in [0, 0.1) is 5.92 Å². The van der Waals surface area contributed by atoms with Gasteiger partial charge in [0.05, 0.1) is 25.3 Å². The molecule has 1 aliphatic carbocycles. The van der Waals surface area contributed by atoms with Crippen LogP contribution in [0.2, 0.25) is 0 Å². The third-order valence-electron chi connectivity index (χ3n) is 6.26. The topological polar surface area (TPSA) is 46.6 Å². The number of amides is 1. The highest BCUT2D eigenvalue weighted by Gasteiger charge is 2.37. The van der Waals surface area contributed by atoms with Gasteiger partial charge in [0.1, 0.15) is 17.3 Å². The Morgan fingerprint density at radius 2 is 1.50 bits per heavy atom. The molecule has 1 saturated carbocycles. The normalized spacial score (nSPS) is 17.4. The molecule has 1 amide bonds. The standard InChI is InChI=1S/C28H27NO3/c1-20-17-25(20)26-15-14-24(32-26)19-29(18-23-13-8-16-31-23)28(30)27(21-9-4-2-5-10-21)22-11-6-3-7-12-22/h2-16,20,25,27H,17-19H2,1H3. The lowest BCUT2D eigenvalue weighted by Gasteiger charge is -2.27. The summed E-state index contributed by atoms with van der Waals surface area (Å²) < 4.78 is 11.7. The van der Waals surface area contributed by atoms with Crippen LogP contribution in [0.4, 0.5) is 0 Å². The molecule has 1 aliphatic rings. The van der Waals surface area contributed by atoms with Crippen LogP contribution >= 0.6 is 0 Å². The van der Waals surface area contributed by atoms with Crippen molar-refractivity contribution < 1.29 is 13.6 Å². The SMILES string of the molecule is CC1CC1c1ccc(CN(Cc2ccco2)C(=O)C(c2ccccc2)c2ccccc2)o1. The van der Waals surface area contributed by atoms with Crippen molar-refractivity contribution >= 4 is 5.91 Å². The van der Waals surface area contributed by atoms with Gasteiger partial charge in [-0.1, -0.05) is 67.6 Å². The van der Waals surface area contributed by atoms with E-state index in [-0.39, 0.29) is 5.91 Å². The van der Waals surface area contributed by atoms with Crippen molar-refractivity contribution in [1.29, 1.82) is 0 Å². The van der Waals surface area contributed by atoms with Crippen LogP contribution in [0.15, 0.2) is 100 Å². The minimum Gasteiger partial charge on any atom is -0.467 e. The third kappa shape index (κ3) is 4.40. The van der Waals surface area contributed by atoms with Crippen molar-refractivity contribution in [2.45, 2.75) is 38.3 Å². The fraction of sp³-hybridized carbons (Fsp3) is 0.250. The van der Waals surface area contributed by atoms with E-state index < -0.39 is 5.92 Å². The van der Waals surface area contributed by atoms with Gasteiger partial charge in [-0.15, -0.1) is 0 Å². The Balaban J connectivity index is 1.47. The zero-order chi connectivity index (χ0) is 21.9. The van der Waals surface area contributed by atoms with Crippen molar-refractivity contribution in [1.82, 2.24) is 4.90 Å². The van der Waals surface area contributed by atoms with Crippen molar-refractivity contribution in [3.8, 4) is 0 Å². The Hall–Kier alpha value is -3.53. The van der Waals surface area contributed by atoms with E-state index in [1.807, 2.05) is 83.8 Å². The fourth-order valence-electron chi connectivity index (χ4n) is 4.34.